The van der Waals surface area contributed by atoms with E-state index in [9.17, 15) is 28.9 Å². The quantitative estimate of drug-likeness (QED) is 0.0161. The van der Waals surface area contributed by atoms with Gasteiger partial charge in [-0.3, -0.25) is 19.2 Å². The molecule has 5 N–H and O–H groups in total. The Morgan fingerprint density at radius 1 is 0.756 bits per heavy atom. The summed E-state index contributed by atoms with van der Waals surface area (Å²) in [5.41, 5.74) is 4.22. The number of rotatable bonds is 27. The fourth-order valence-corrected chi connectivity index (χ4v) is 13.8. The maximum Gasteiger partial charge on any atom is 0.514 e. The Kier molecular flexibility index (Phi) is 21.5. The second-order valence-electron chi connectivity index (χ2n) is 23.8. The Hall–Kier alpha value is -6.09. The molecule has 3 aromatic carbocycles. The molecule has 78 heavy (non-hydrogen) atoms. The van der Waals surface area contributed by atoms with Crippen molar-refractivity contribution in [3.05, 3.63) is 107 Å². The summed E-state index contributed by atoms with van der Waals surface area (Å²) in [6.45, 7) is 15.4. The van der Waals surface area contributed by atoms with E-state index in [0.717, 1.165) is 60.3 Å². The molecule has 2 unspecified atom stereocenters. The van der Waals surface area contributed by atoms with E-state index in [1.807, 2.05) is 37.3 Å². The third kappa shape index (κ3) is 16.0. The summed E-state index contributed by atoms with van der Waals surface area (Å²) in [5.74, 6) is 3.37. The molecule has 4 aliphatic carbocycles. The molecule has 3 saturated carbocycles. The highest BCUT2D eigenvalue weighted by Crippen LogP contribution is 2.67. The number of allylic oxidation sites excluding steroid dienone is 1. The average molecular weight is 1080 g/mol. The van der Waals surface area contributed by atoms with Gasteiger partial charge in [0.1, 0.15) is 24.4 Å². The van der Waals surface area contributed by atoms with Crippen LogP contribution in [0.5, 0.6) is 5.75 Å². The maximum absolute atomic E-state index is 14.0. The number of carbonyl (C=O) groups is 5. The second kappa shape index (κ2) is 28.2. The van der Waals surface area contributed by atoms with E-state index >= 15 is 0 Å². The molecule has 0 radical (unpaired) electrons. The predicted octanol–water partition coefficient (Wildman–Crippen LogP) is 12.3. The van der Waals surface area contributed by atoms with Crippen molar-refractivity contribution in [2.45, 2.75) is 182 Å². The molecule has 15 heteroatoms. The van der Waals surface area contributed by atoms with E-state index in [4.69, 9.17) is 19.4 Å². The van der Waals surface area contributed by atoms with Gasteiger partial charge in [-0.15, -0.1) is 0 Å². The monoisotopic (exact) mass is 1070 g/mol. The SMILES string of the molecule is CCCC[C@H](NC(=O)C(Cc1ccccc1)NC(=O)CCC(=O)NCCCO[C@H]1CC[C@@]2(C)C(=CC[C@H]3C4CC[C@H]([C@H](C)CCCC(C)C)[C@@]4(C)CC[C@@H]32)C1)C(=O)Nc1ccc(COC(=O)Oc2ccc([N+](=O)O)cc2)cc1. The average Bonchev–Trinajstić information content (AvgIpc) is 4.01. The Balaban J connectivity index is 0.824. The van der Waals surface area contributed by atoms with Crippen molar-refractivity contribution in [2.24, 2.45) is 46.3 Å². The highest BCUT2D eigenvalue weighted by molar-refractivity contribution is 5.98. The van der Waals surface area contributed by atoms with Crippen LogP contribution in [-0.4, -0.2) is 71.3 Å². The standard InChI is InChI=1S/C63H87N5O10/c1-7-8-18-55(59(71)65-47-22-19-45(20-23-47)41-77-61(73)78-49-26-24-48(25-27-49)68(74)75)67-60(72)56(39-44-16-10-9-11-17-44)66-58(70)32-31-57(69)64-37-13-38-76-50-33-35-62(5)46(40-50)21-28-51-53-30-29-52(43(4)15-12-14-42(2)3)63(53,6)36-34-54(51)62/h9-11,16-17,19-27,42-43,50-56H,7-8,12-15,18,28-41H2,1-6H3,(H4-,64,65,66,67,69,70,71,72,74,75)/p+1/t43-,50+,51+,52-,53?,54+,55+,56?,62+,63-/m1/s1. The molecule has 15 nitrogen and oxygen atoms in total. The fourth-order valence-electron chi connectivity index (χ4n) is 13.8. The summed E-state index contributed by atoms with van der Waals surface area (Å²) >= 11 is 0. The van der Waals surface area contributed by atoms with Crippen LogP contribution in [0.3, 0.4) is 0 Å². The molecule has 0 aromatic heterocycles. The van der Waals surface area contributed by atoms with Crippen molar-refractivity contribution in [2.75, 3.05) is 18.5 Å². The van der Waals surface area contributed by atoms with Gasteiger partial charge in [-0.2, -0.15) is 0 Å². The number of fused-ring (bicyclic) bond motifs is 5. The summed E-state index contributed by atoms with van der Waals surface area (Å²) in [6, 6.07) is 19.2. The first-order chi connectivity index (χ1) is 37.4. The van der Waals surface area contributed by atoms with Crippen molar-refractivity contribution >= 4 is 41.2 Å². The number of benzene rings is 3. The minimum absolute atomic E-state index is 0.0320. The van der Waals surface area contributed by atoms with Crippen LogP contribution in [0.15, 0.2) is 90.5 Å². The number of unbranched alkanes of at least 4 members (excludes halogenated alkanes) is 1. The molecule has 4 aliphatic rings. The second-order valence-corrected chi connectivity index (χ2v) is 23.8. The lowest BCUT2D eigenvalue weighted by Gasteiger charge is -2.58. The third-order valence-electron chi connectivity index (χ3n) is 18.1. The molecule has 424 valence electrons. The van der Waals surface area contributed by atoms with E-state index < -0.39 is 36.0 Å². The topological polar surface area (TPSA) is 201 Å². The van der Waals surface area contributed by atoms with Crippen LogP contribution in [0.1, 0.15) is 162 Å². The van der Waals surface area contributed by atoms with Crippen LogP contribution in [-0.2, 0) is 41.7 Å². The van der Waals surface area contributed by atoms with Crippen LogP contribution < -0.4 is 26.0 Å². The van der Waals surface area contributed by atoms with Gasteiger partial charge in [-0.05, 0) is 146 Å². The lowest BCUT2D eigenvalue weighted by atomic mass is 9.47. The van der Waals surface area contributed by atoms with Crippen LogP contribution >= 0.6 is 0 Å². The van der Waals surface area contributed by atoms with Gasteiger partial charge in [0, 0.05) is 50.2 Å². The minimum atomic E-state index is -1.01. The maximum atomic E-state index is 14.0. The Bertz CT molecular complexity index is 2520. The summed E-state index contributed by atoms with van der Waals surface area (Å²) in [7, 11) is 0. The number of hydrogen-bond acceptors (Lipinski definition) is 9. The smallest absolute Gasteiger partial charge is 0.429 e. The van der Waals surface area contributed by atoms with Crippen molar-refractivity contribution in [1.29, 1.82) is 0 Å². The van der Waals surface area contributed by atoms with Crippen molar-refractivity contribution in [3.63, 3.8) is 0 Å². The summed E-state index contributed by atoms with van der Waals surface area (Å²) in [5, 5.41) is 20.5. The number of anilines is 1. The van der Waals surface area contributed by atoms with Crippen LogP contribution in [0, 0.1) is 51.2 Å². The van der Waals surface area contributed by atoms with E-state index in [-0.39, 0.29) is 59.7 Å². The van der Waals surface area contributed by atoms with Crippen molar-refractivity contribution in [1.82, 2.24) is 16.0 Å². The first kappa shape index (κ1) is 59.6. The molecule has 10 atom stereocenters. The molecule has 4 amide bonds. The zero-order chi connectivity index (χ0) is 55.8. The summed E-state index contributed by atoms with van der Waals surface area (Å²) < 4.78 is 16.8. The molecule has 0 bridgehead atoms. The zero-order valence-electron chi connectivity index (χ0n) is 47.2. The van der Waals surface area contributed by atoms with Gasteiger partial charge in [-0.1, -0.05) is 128 Å². The lowest BCUT2D eigenvalue weighted by molar-refractivity contribution is -0.729. The number of hydrogen-bond donors (Lipinski definition) is 5. The highest BCUT2D eigenvalue weighted by atomic mass is 16.7. The molecule has 3 fully saturated rings. The normalized spacial score (nSPS) is 24.4. The van der Waals surface area contributed by atoms with E-state index in [1.54, 1.807) is 29.8 Å². The zero-order valence-corrected chi connectivity index (χ0v) is 47.2. The third-order valence-corrected chi connectivity index (χ3v) is 18.1. The molecule has 7 rings (SSSR count). The van der Waals surface area contributed by atoms with Gasteiger partial charge in [0.25, 0.3) is 4.92 Å². The van der Waals surface area contributed by atoms with Crippen LogP contribution in [0.4, 0.5) is 16.2 Å². The predicted molar refractivity (Wildman–Crippen MR) is 301 cm³/mol. The lowest BCUT2D eigenvalue weighted by Crippen LogP contribution is -2.53. The Morgan fingerprint density at radius 3 is 2.22 bits per heavy atom. The van der Waals surface area contributed by atoms with Crippen molar-refractivity contribution < 1.29 is 48.3 Å². The van der Waals surface area contributed by atoms with Gasteiger partial charge >= 0.3 is 11.8 Å². The van der Waals surface area contributed by atoms with Gasteiger partial charge in [-0.25, -0.2) is 10.0 Å². The summed E-state index contributed by atoms with van der Waals surface area (Å²) in [6.07, 6.45) is 18.5. The van der Waals surface area contributed by atoms with E-state index in [0.29, 0.717) is 49.1 Å². The number of carbonyl (C=O) groups excluding carboxylic acids is 5. The number of ether oxygens (including phenoxy) is 3. The number of nitrogens with one attached hydrogen (secondary N) is 4. The first-order valence-electron chi connectivity index (χ1n) is 29.2. The summed E-state index contributed by atoms with van der Waals surface area (Å²) in [4.78, 5) is 76.9. The molecule has 0 heterocycles. The molecule has 3 aromatic rings. The van der Waals surface area contributed by atoms with Gasteiger partial charge in [0.2, 0.25) is 23.6 Å². The highest BCUT2D eigenvalue weighted by Gasteiger charge is 2.59. The first-order valence-corrected chi connectivity index (χ1v) is 29.2. The van der Waals surface area contributed by atoms with E-state index in [1.165, 1.54) is 82.1 Å². The molecular formula is C63H88N5O10+. The molecule has 0 saturated heterocycles. The molecule has 0 spiro atoms. The van der Waals surface area contributed by atoms with Crippen molar-refractivity contribution in [3.8, 4) is 5.75 Å². The fraction of sp³-hybridized carbons (Fsp3) is 0.603. The van der Waals surface area contributed by atoms with Crippen LogP contribution in [0.25, 0.3) is 0 Å². The Morgan fingerprint density at radius 2 is 1.50 bits per heavy atom. The van der Waals surface area contributed by atoms with Gasteiger partial charge in [0.05, 0.1) is 11.0 Å². The van der Waals surface area contributed by atoms with Gasteiger partial charge in [0.15, 0.2) is 0 Å². The Labute approximate surface area is 462 Å². The van der Waals surface area contributed by atoms with Gasteiger partial charge < -0.3 is 35.5 Å². The largest absolute Gasteiger partial charge is 0.514 e. The molecule has 0 aliphatic heterocycles. The minimum Gasteiger partial charge on any atom is -0.429 e. The number of nitrogens with zero attached hydrogens (tertiary/aromatic N) is 1. The number of amides is 4. The molecular weight excluding hydrogens is 987 g/mol. The van der Waals surface area contributed by atoms with Crippen LogP contribution in [0.2, 0.25) is 0 Å². The van der Waals surface area contributed by atoms with E-state index in [2.05, 4.69) is 62.0 Å².